The number of aryl methyl sites for hydroxylation is 1. The first-order valence-electron chi connectivity index (χ1n) is 8.02. The van der Waals surface area contributed by atoms with E-state index in [0.29, 0.717) is 4.77 Å². The maximum atomic E-state index is 5.27. The van der Waals surface area contributed by atoms with Crippen LogP contribution in [-0.4, -0.2) is 28.0 Å². The Balaban J connectivity index is 1.64. The number of anilines is 1. The second-order valence-corrected chi connectivity index (χ2v) is 6.11. The van der Waals surface area contributed by atoms with E-state index in [2.05, 4.69) is 51.7 Å². The maximum Gasteiger partial charge on any atom is 0.214 e. The highest BCUT2D eigenvalue weighted by Crippen LogP contribution is 2.20. The van der Waals surface area contributed by atoms with Gasteiger partial charge in [-0.15, -0.1) is 0 Å². The van der Waals surface area contributed by atoms with Gasteiger partial charge in [-0.3, -0.25) is 5.10 Å². The predicted molar refractivity (Wildman–Crippen MR) is 92.4 cm³/mol. The minimum Gasteiger partial charge on any atom is -0.372 e. The van der Waals surface area contributed by atoms with E-state index in [-0.39, 0.29) is 0 Å². The van der Waals surface area contributed by atoms with Gasteiger partial charge < -0.3 is 10.3 Å². The maximum absolute atomic E-state index is 5.27. The van der Waals surface area contributed by atoms with Crippen molar-refractivity contribution >= 4 is 17.9 Å². The molecule has 1 aromatic carbocycles. The standard InChI is InChI=1S/C16H23N5S/c1-2-5-15-18-19-16(22)21(15)17-12-13-6-8-14(9-7-13)20-10-3-4-11-20/h6-9,17H,2-5,10-12H2,1H3,(H,19,22). The molecule has 6 heteroatoms. The van der Waals surface area contributed by atoms with Crippen molar-refractivity contribution in [1.29, 1.82) is 0 Å². The molecule has 0 aliphatic carbocycles. The van der Waals surface area contributed by atoms with Gasteiger partial charge >= 0.3 is 0 Å². The Morgan fingerprint density at radius 2 is 1.95 bits per heavy atom. The lowest BCUT2D eigenvalue weighted by molar-refractivity contribution is 0.731. The summed E-state index contributed by atoms with van der Waals surface area (Å²) in [4.78, 5) is 2.45. The van der Waals surface area contributed by atoms with Crippen molar-refractivity contribution in [1.82, 2.24) is 14.9 Å². The highest BCUT2D eigenvalue weighted by Gasteiger charge is 2.11. The van der Waals surface area contributed by atoms with Crippen LogP contribution in [0.25, 0.3) is 0 Å². The number of benzene rings is 1. The zero-order chi connectivity index (χ0) is 15.4. The van der Waals surface area contributed by atoms with Gasteiger partial charge in [0.15, 0.2) is 5.82 Å². The van der Waals surface area contributed by atoms with Crippen LogP contribution in [0.4, 0.5) is 5.69 Å². The molecule has 0 amide bonds. The number of aromatic amines is 1. The van der Waals surface area contributed by atoms with Crippen LogP contribution in [0, 0.1) is 4.77 Å². The third-order valence-corrected chi connectivity index (χ3v) is 4.34. The van der Waals surface area contributed by atoms with Gasteiger partial charge in [0.25, 0.3) is 0 Å². The summed E-state index contributed by atoms with van der Waals surface area (Å²) in [6.07, 6.45) is 4.57. The minimum atomic E-state index is 0.622. The summed E-state index contributed by atoms with van der Waals surface area (Å²) >= 11 is 5.27. The zero-order valence-corrected chi connectivity index (χ0v) is 13.8. The predicted octanol–water partition coefficient (Wildman–Crippen LogP) is 3.24. The number of nitrogens with zero attached hydrogens (tertiary/aromatic N) is 3. The zero-order valence-electron chi connectivity index (χ0n) is 13.0. The van der Waals surface area contributed by atoms with E-state index in [4.69, 9.17) is 12.2 Å². The number of rotatable bonds is 6. The number of nitrogens with one attached hydrogen (secondary N) is 2. The second kappa shape index (κ2) is 6.96. The summed E-state index contributed by atoms with van der Waals surface area (Å²) in [6.45, 7) is 5.24. The number of H-pyrrole nitrogens is 1. The quantitative estimate of drug-likeness (QED) is 0.803. The molecule has 1 aliphatic rings. The Morgan fingerprint density at radius 1 is 1.23 bits per heavy atom. The van der Waals surface area contributed by atoms with Crippen molar-refractivity contribution in [3.63, 3.8) is 0 Å². The smallest absolute Gasteiger partial charge is 0.214 e. The Kier molecular flexibility index (Phi) is 4.77. The summed E-state index contributed by atoms with van der Waals surface area (Å²) in [7, 11) is 0. The van der Waals surface area contributed by atoms with E-state index in [1.165, 1.54) is 37.2 Å². The monoisotopic (exact) mass is 317 g/mol. The van der Waals surface area contributed by atoms with Crippen molar-refractivity contribution in [2.24, 2.45) is 0 Å². The third-order valence-electron chi connectivity index (χ3n) is 4.06. The van der Waals surface area contributed by atoms with Crippen LogP contribution in [0.15, 0.2) is 24.3 Å². The van der Waals surface area contributed by atoms with Crippen LogP contribution < -0.4 is 10.3 Å². The van der Waals surface area contributed by atoms with Crippen molar-refractivity contribution in [2.45, 2.75) is 39.2 Å². The molecule has 22 heavy (non-hydrogen) atoms. The third kappa shape index (κ3) is 3.32. The summed E-state index contributed by atoms with van der Waals surface area (Å²) in [5.74, 6) is 0.959. The molecule has 118 valence electrons. The molecule has 2 aromatic rings. The van der Waals surface area contributed by atoms with Crippen LogP contribution in [-0.2, 0) is 13.0 Å². The highest BCUT2D eigenvalue weighted by atomic mass is 32.1. The largest absolute Gasteiger partial charge is 0.372 e. The topological polar surface area (TPSA) is 48.9 Å². The van der Waals surface area contributed by atoms with Crippen LogP contribution in [0.5, 0.6) is 0 Å². The summed E-state index contributed by atoms with van der Waals surface area (Å²) < 4.78 is 2.50. The van der Waals surface area contributed by atoms with Gasteiger partial charge in [0, 0.05) is 25.2 Å². The van der Waals surface area contributed by atoms with Gasteiger partial charge in [0.05, 0.1) is 6.54 Å². The van der Waals surface area contributed by atoms with Crippen molar-refractivity contribution in [2.75, 3.05) is 23.4 Å². The number of aromatic nitrogens is 3. The Labute approximate surface area is 136 Å². The Bertz CT molecular complexity index is 652. The van der Waals surface area contributed by atoms with Gasteiger partial charge in [0.2, 0.25) is 4.77 Å². The fourth-order valence-corrected chi connectivity index (χ4v) is 3.07. The molecule has 1 aliphatic heterocycles. The molecule has 0 atom stereocenters. The highest BCUT2D eigenvalue weighted by molar-refractivity contribution is 7.71. The van der Waals surface area contributed by atoms with E-state index in [1.807, 2.05) is 4.68 Å². The fraction of sp³-hybridized carbons (Fsp3) is 0.500. The van der Waals surface area contributed by atoms with Gasteiger partial charge in [-0.1, -0.05) is 19.1 Å². The molecule has 1 aromatic heterocycles. The average molecular weight is 317 g/mol. The lowest BCUT2D eigenvalue weighted by Gasteiger charge is -2.18. The van der Waals surface area contributed by atoms with Gasteiger partial charge in [-0.2, -0.15) is 5.10 Å². The summed E-state index contributed by atoms with van der Waals surface area (Å²) in [5.41, 5.74) is 5.93. The lowest BCUT2D eigenvalue weighted by atomic mass is 10.2. The first-order chi connectivity index (χ1) is 10.8. The Hall–Kier alpha value is -1.82. The molecular formula is C16H23N5S. The minimum absolute atomic E-state index is 0.622. The van der Waals surface area contributed by atoms with Crippen LogP contribution in [0.2, 0.25) is 0 Å². The van der Waals surface area contributed by atoms with Crippen molar-refractivity contribution in [3.05, 3.63) is 40.4 Å². The molecule has 0 bridgehead atoms. The van der Waals surface area contributed by atoms with Crippen LogP contribution in [0.1, 0.15) is 37.6 Å². The molecule has 5 nitrogen and oxygen atoms in total. The molecule has 0 saturated carbocycles. The van der Waals surface area contributed by atoms with Crippen LogP contribution >= 0.6 is 12.2 Å². The van der Waals surface area contributed by atoms with E-state index < -0.39 is 0 Å². The lowest BCUT2D eigenvalue weighted by Crippen LogP contribution is -2.18. The Morgan fingerprint density at radius 3 is 2.64 bits per heavy atom. The van der Waals surface area contributed by atoms with E-state index in [1.54, 1.807) is 0 Å². The number of hydrogen-bond donors (Lipinski definition) is 2. The molecule has 3 rings (SSSR count). The molecule has 0 spiro atoms. The van der Waals surface area contributed by atoms with Gasteiger partial charge in [-0.05, 0) is 49.2 Å². The first kappa shape index (κ1) is 15.1. The van der Waals surface area contributed by atoms with Crippen molar-refractivity contribution < 1.29 is 0 Å². The first-order valence-corrected chi connectivity index (χ1v) is 8.43. The molecule has 2 N–H and O–H groups in total. The molecular weight excluding hydrogens is 294 g/mol. The molecule has 1 fully saturated rings. The molecule has 1 saturated heterocycles. The summed E-state index contributed by atoms with van der Waals surface area (Å²) in [5, 5.41) is 7.11. The molecule has 2 heterocycles. The van der Waals surface area contributed by atoms with E-state index in [9.17, 15) is 0 Å². The second-order valence-electron chi connectivity index (χ2n) is 5.73. The normalized spacial score (nSPS) is 14.5. The van der Waals surface area contributed by atoms with E-state index >= 15 is 0 Å². The van der Waals surface area contributed by atoms with Gasteiger partial charge in [0.1, 0.15) is 0 Å². The summed E-state index contributed by atoms with van der Waals surface area (Å²) in [6, 6.07) is 8.79. The molecule has 0 radical (unpaired) electrons. The van der Waals surface area contributed by atoms with Crippen molar-refractivity contribution in [3.8, 4) is 0 Å². The number of hydrogen-bond acceptors (Lipinski definition) is 4. The van der Waals surface area contributed by atoms with Crippen LogP contribution in [0.3, 0.4) is 0 Å². The van der Waals surface area contributed by atoms with E-state index in [0.717, 1.165) is 25.2 Å². The fourth-order valence-electron chi connectivity index (χ4n) is 2.85. The molecule has 0 unspecified atom stereocenters. The SMILES string of the molecule is CCCc1n[nH]c(=S)n1NCc1ccc(N2CCCC2)cc1. The average Bonchev–Trinajstić information content (AvgIpc) is 3.17. The van der Waals surface area contributed by atoms with Gasteiger partial charge in [-0.25, -0.2) is 4.68 Å².